The van der Waals surface area contributed by atoms with Crippen LogP contribution in [-0.4, -0.2) is 45.5 Å². The summed E-state index contributed by atoms with van der Waals surface area (Å²) in [6.07, 6.45) is 1.94. The lowest BCUT2D eigenvalue weighted by Gasteiger charge is -2.40. The van der Waals surface area contributed by atoms with Crippen molar-refractivity contribution in [1.29, 1.82) is 0 Å². The first kappa shape index (κ1) is 16.7. The quantitative estimate of drug-likeness (QED) is 0.698. The van der Waals surface area contributed by atoms with Gasteiger partial charge in [-0.25, -0.2) is 9.40 Å². The number of nitrogens with zero attached hydrogens (tertiary/aromatic N) is 3. The molecule has 0 aliphatic carbocycles. The molecule has 0 spiro atoms. The molecule has 2 aromatic carbocycles. The first-order valence-corrected chi connectivity index (χ1v) is 9.09. The highest BCUT2D eigenvalue weighted by molar-refractivity contribution is 5.97. The first-order chi connectivity index (χ1) is 13.6. The summed E-state index contributed by atoms with van der Waals surface area (Å²) in [5.41, 5.74) is 3.74. The molecule has 5 rings (SSSR count). The van der Waals surface area contributed by atoms with Gasteiger partial charge in [-0.1, -0.05) is 30.3 Å². The number of aromatic amines is 1. The Kier molecular flexibility index (Phi) is 3.75. The second kappa shape index (κ2) is 6.30. The van der Waals surface area contributed by atoms with Crippen molar-refractivity contribution in [3.8, 4) is 0 Å². The minimum Gasteiger partial charge on any atom is -0.357 e. The summed E-state index contributed by atoms with van der Waals surface area (Å²) in [7, 11) is 0. The van der Waals surface area contributed by atoms with Gasteiger partial charge < -0.3 is 9.88 Å². The zero-order valence-corrected chi connectivity index (χ0v) is 14.9. The van der Waals surface area contributed by atoms with E-state index in [1.54, 1.807) is 17.0 Å². The molecule has 140 valence electrons. The molecule has 3 heterocycles. The third-order valence-electron chi connectivity index (χ3n) is 5.37. The van der Waals surface area contributed by atoms with Crippen LogP contribution < -0.4 is 0 Å². The summed E-state index contributed by atoms with van der Waals surface area (Å²) in [5.74, 6) is -0.673. The van der Waals surface area contributed by atoms with E-state index in [0.717, 1.165) is 22.2 Å². The molecule has 2 aliphatic heterocycles. The monoisotopic (exact) mass is 376 g/mol. The molecule has 0 unspecified atom stereocenters. The van der Waals surface area contributed by atoms with E-state index in [9.17, 15) is 14.0 Å². The van der Waals surface area contributed by atoms with Gasteiger partial charge in [-0.15, -0.1) is 0 Å². The van der Waals surface area contributed by atoms with Gasteiger partial charge in [-0.05, 0) is 29.3 Å². The summed E-state index contributed by atoms with van der Waals surface area (Å²) >= 11 is 0. The van der Waals surface area contributed by atoms with Crippen LogP contribution in [0.25, 0.3) is 10.9 Å². The predicted molar refractivity (Wildman–Crippen MR) is 102 cm³/mol. The molecule has 0 bridgehead atoms. The first-order valence-electron chi connectivity index (χ1n) is 9.09. The predicted octanol–water partition coefficient (Wildman–Crippen LogP) is 2.44. The largest absolute Gasteiger partial charge is 0.357 e. The average molecular weight is 376 g/mol. The number of hydrazone groups is 1. The Hall–Kier alpha value is -3.48. The number of hydrogen-bond acceptors (Lipinski definition) is 3. The van der Waals surface area contributed by atoms with Gasteiger partial charge in [0.05, 0.1) is 12.8 Å². The van der Waals surface area contributed by atoms with Gasteiger partial charge in [0.2, 0.25) is 5.91 Å². The zero-order chi connectivity index (χ0) is 19.3. The molecule has 1 fully saturated rings. The highest BCUT2D eigenvalue weighted by atomic mass is 19.1. The van der Waals surface area contributed by atoms with Crippen LogP contribution >= 0.6 is 0 Å². The van der Waals surface area contributed by atoms with Crippen molar-refractivity contribution in [1.82, 2.24) is 14.9 Å². The van der Waals surface area contributed by atoms with Crippen molar-refractivity contribution in [2.45, 2.75) is 19.0 Å². The Morgan fingerprint density at radius 2 is 1.86 bits per heavy atom. The smallest absolute Gasteiger partial charge is 0.266 e. The van der Waals surface area contributed by atoms with E-state index in [-0.39, 0.29) is 24.2 Å². The number of amides is 2. The number of carbonyl (C=O) groups is 2. The maximum absolute atomic E-state index is 13.0. The molecule has 0 saturated carbocycles. The summed E-state index contributed by atoms with van der Waals surface area (Å²) in [5, 5.41) is 6.49. The molecule has 6 nitrogen and oxygen atoms in total. The highest BCUT2D eigenvalue weighted by Crippen LogP contribution is 2.32. The Balaban J connectivity index is 1.44. The number of fused-ring (bicyclic) bond motifs is 4. The summed E-state index contributed by atoms with van der Waals surface area (Å²) < 4.78 is 13.0. The van der Waals surface area contributed by atoms with Crippen molar-refractivity contribution in [3.05, 3.63) is 71.2 Å². The van der Waals surface area contributed by atoms with E-state index >= 15 is 0 Å². The molecule has 2 amide bonds. The zero-order valence-electron chi connectivity index (χ0n) is 14.9. The van der Waals surface area contributed by atoms with E-state index in [2.05, 4.69) is 10.1 Å². The number of para-hydroxylation sites is 1. The Morgan fingerprint density at radius 3 is 2.68 bits per heavy atom. The van der Waals surface area contributed by atoms with Gasteiger partial charge >= 0.3 is 0 Å². The minimum atomic E-state index is -0.557. The maximum atomic E-state index is 13.0. The molecule has 1 N–H and O–H groups in total. The van der Waals surface area contributed by atoms with Crippen LogP contribution in [0.3, 0.4) is 0 Å². The van der Waals surface area contributed by atoms with Gasteiger partial charge in [0.1, 0.15) is 18.4 Å². The third kappa shape index (κ3) is 2.67. The number of nitrogens with one attached hydrogen (secondary N) is 1. The summed E-state index contributed by atoms with van der Waals surface area (Å²) in [6.45, 7) is 0.303. The molecule has 3 aromatic rings. The van der Waals surface area contributed by atoms with Crippen molar-refractivity contribution >= 4 is 28.9 Å². The Labute approximate surface area is 160 Å². The van der Waals surface area contributed by atoms with Gasteiger partial charge in [-0.2, -0.15) is 5.10 Å². The average Bonchev–Trinajstić information content (AvgIpc) is 3.07. The fourth-order valence-electron chi connectivity index (χ4n) is 3.94. The van der Waals surface area contributed by atoms with Gasteiger partial charge in [0, 0.05) is 23.0 Å². The second-order valence-electron chi connectivity index (χ2n) is 7.06. The lowest BCUT2D eigenvalue weighted by atomic mass is 9.94. The number of benzene rings is 2. The summed E-state index contributed by atoms with van der Waals surface area (Å²) in [4.78, 5) is 30.7. The molecule has 2 aliphatic rings. The van der Waals surface area contributed by atoms with Crippen molar-refractivity contribution < 1.29 is 14.0 Å². The molecular formula is C21H17FN4O2. The molecule has 1 saturated heterocycles. The van der Waals surface area contributed by atoms with Crippen LogP contribution in [0.4, 0.5) is 4.39 Å². The van der Waals surface area contributed by atoms with Gasteiger partial charge in [-0.3, -0.25) is 9.59 Å². The molecular weight excluding hydrogens is 359 g/mol. The number of halogens is 1. The van der Waals surface area contributed by atoms with Crippen LogP contribution in [-0.2, 0) is 22.6 Å². The van der Waals surface area contributed by atoms with Crippen LogP contribution in [0.2, 0.25) is 0 Å². The molecule has 0 radical (unpaired) electrons. The lowest BCUT2D eigenvalue weighted by molar-refractivity contribution is -0.157. The topological polar surface area (TPSA) is 68.8 Å². The number of hydrogen-bond donors (Lipinski definition) is 1. The standard InChI is InChI=1S/C21H17FN4O2/c22-14-7-5-13(6-8-14)10-23-26-12-20(27)25-11-18-16(9-19(25)21(26)28)15-3-1-2-4-17(15)24-18/h1-8,10,19,24H,9,11-12H2/t19-/m0/s1. The second-order valence-corrected chi connectivity index (χ2v) is 7.06. The summed E-state index contributed by atoms with van der Waals surface area (Å²) in [6, 6.07) is 13.2. The minimum absolute atomic E-state index is 0.0947. The third-order valence-corrected chi connectivity index (χ3v) is 5.37. The molecule has 1 aromatic heterocycles. The number of aromatic nitrogens is 1. The van der Waals surface area contributed by atoms with Crippen molar-refractivity contribution in [2.24, 2.45) is 5.10 Å². The van der Waals surface area contributed by atoms with Gasteiger partial charge in [0.25, 0.3) is 5.91 Å². The molecule has 7 heteroatoms. The van der Waals surface area contributed by atoms with Crippen LogP contribution in [0, 0.1) is 5.82 Å². The molecule has 1 atom stereocenters. The van der Waals surface area contributed by atoms with Crippen molar-refractivity contribution in [2.75, 3.05) is 6.54 Å². The Morgan fingerprint density at radius 1 is 1.07 bits per heavy atom. The fourth-order valence-corrected chi connectivity index (χ4v) is 3.94. The number of carbonyl (C=O) groups excluding carboxylic acids is 2. The fraction of sp³-hybridized carbons (Fsp3) is 0.190. The Bertz CT molecular complexity index is 1120. The number of rotatable bonds is 2. The molecule has 28 heavy (non-hydrogen) atoms. The van der Waals surface area contributed by atoms with E-state index in [1.165, 1.54) is 23.4 Å². The number of piperazine rings is 1. The lowest BCUT2D eigenvalue weighted by Crippen LogP contribution is -2.60. The normalized spacial score (nSPS) is 19.4. The maximum Gasteiger partial charge on any atom is 0.266 e. The van der Waals surface area contributed by atoms with E-state index in [4.69, 9.17) is 0 Å². The van der Waals surface area contributed by atoms with E-state index in [0.29, 0.717) is 18.5 Å². The highest BCUT2D eigenvalue weighted by Gasteiger charge is 2.43. The van der Waals surface area contributed by atoms with Crippen molar-refractivity contribution in [3.63, 3.8) is 0 Å². The van der Waals surface area contributed by atoms with Crippen LogP contribution in [0.5, 0.6) is 0 Å². The van der Waals surface area contributed by atoms with E-state index < -0.39 is 6.04 Å². The number of H-pyrrole nitrogens is 1. The van der Waals surface area contributed by atoms with E-state index in [1.807, 2.05) is 24.3 Å². The SMILES string of the molecule is O=C1[C@@H]2Cc3c([nH]c4ccccc34)CN2C(=O)CN1N=Cc1ccc(F)cc1. The van der Waals surface area contributed by atoms with Crippen LogP contribution in [0.15, 0.2) is 53.6 Å². The van der Waals surface area contributed by atoms with Gasteiger partial charge in [0.15, 0.2) is 0 Å². The van der Waals surface area contributed by atoms with Crippen LogP contribution in [0.1, 0.15) is 16.8 Å².